The van der Waals surface area contributed by atoms with Crippen molar-refractivity contribution in [3.8, 4) is 11.5 Å². The molecule has 0 fully saturated rings. The first-order valence-corrected chi connectivity index (χ1v) is 9.24. The summed E-state index contributed by atoms with van der Waals surface area (Å²) in [5.74, 6) is 0.710. The number of nitrogens with zero attached hydrogens (tertiary/aromatic N) is 1. The first-order chi connectivity index (χ1) is 14.4. The molecule has 158 valence electrons. The van der Waals surface area contributed by atoms with Crippen molar-refractivity contribution < 1.29 is 23.8 Å². The van der Waals surface area contributed by atoms with Crippen LogP contribution >= 0.6 is 0 Å². The van der Waals surface area contributed by atoms with Crippen molar-refractivity contribution in [2.24, 2.45) is 16.5 Å². The Morgan fingerprint density at radius 1 is 1.23 bits per heavy atom. The van der Waals surface area contributed by atoms with E-state index in [1.807, 2.05) is 13.0 Å². The first kappa shape index (κ1) is 22.6. The van der Waals surface area contributed by atoms with Crippen LogP contribution < -0.4 is 20.9 Å². The summed E-state index contributed by atoms with van der Waals surface area (Å²) in [5, 5.41) is 0. The lowest BCUT2D eigenvalue weighted by molar-refractivity contribution is -0.104. The quantitative estimate of drug-likeness (QED) is 0.363. The second kappa shape index (κ2) is 11.4. The Morgan fingerprint density at radius 3 is 2.70 bits per heavy atom. The Labute approximate surface area is 175 Å². The Morgan fingerprint density at radius 2 is 2.00 bits per heavy atom. The molecule has 1 aliphatic carbocycles. The van der Waals surface area contributed by atoms with Crippen LogP contribution in [-0.2, 0) is 9.53 Å². The number of aliphatic imine (C=N–C) groups is 1. The molecule has 1 atom stereocenters. The van der Waals surface area contributed by atoms with Gasteiger partial charge in [0.2, 0.25) is 0 Å². The SMILES string of the molecule is COCC(C)Oc1cc(OC2=CCC=C(C=O)C=C2)cc(C(=O)N=C(N)/C=C\N)c1. The highest BCUT2D eigenvalue weighted by Crippen LogP contribution is 2.27. The summed E-state index contributed by atoms with van der Waals surface area (Å²) in [6.45, 7) is 2.21. The van der Waals surface area contributed by atoms with Gasteiger partial charge >= 0.3 is 0 Å². The molecule has 0 spiro atoms. The molecule has 0 aliphatic heterocycles. The average Bonchev–Trinajstić information content (AvgIpc) is 2.93. The van der Waals surface area contributed by atoms with Gasteiger partial charge in [-0.15, -0.1) is 0 Å². The second-order valence-electron chi connectivity index (χ2n) is 6.38. The van der Waals surface area contributed by atoms with Crippen LogP contribution in [-0.4, -0.2) is 37.8 Å². The summed E-state index contributed by atoms with van der Waals surface area (Å²) in [4.78, 5) is 27.3. The van der Waals surface area contributed by atoms with Crippen molar-refractivity contribution in [1.29, 1.82) is 0 Å². The van der Waals surface area contributed by atoms with Crippen LogP contribution in [0.4, 0.5) is 0 Å². The molecule has 4 N–H and O–H groups in total. The number of hydrogen-bond donors (Lipinski definition) is 2. The first-order valence-electron chi connectivity index (χ1n) is 9.24. The molecular formula is C22H25N3O5. The van der Waals surface area contributed by atoms with E-state index < -0.39 is 5.91 Å². The van der Waals surface area contributed by atoms with Crippen LogP contribution in [0.5, 0.6) is 11.5 Å². The predicted octanol–water partition coefficient (Wildman–Crippen LogP) is 2.42. The molecule has 0 heterocycles. The lowest BCUT2D eigenvalue weighted by atomic mass is 10.2. The zero-order valence-electron chi connectivity index (χ0n) is 16.9. The van der Waals surface area contributed by atoms with Gasteiger partial charge in [-0.3, -0.25) is 9.59 Å². The highest BCUT2D eigenvalue weighted by Gasteiger charge is 2.13. The number of amidine groups is 1. The zero-order valence-corrected chi connectivity index (χ0v) is 16.9. The number of hydrogen-bond acceptors (Lipinski definition) is 6. The molecule has 1 aromatic carbocycles. The molecule has 0 bridgehead atoms. The number of carbonyl (C=O) groups excluding carboxylic acids is 2. The molecule has 8 nitrogen and oxygen atoms in total. The number of rotatable bonds is 9. The van der Waals surface area contributed by atoms with Gasteiger partial charge in [-0.2, -0.15) is 4.99 Å². The molecule has 1 aliphatic rings. The number of amides is 1. The topological polar surface area (TPSA) is 126 Å². The third-order valence-electron chi connectivity index (χ3n) is 3.85. The van der Waals surface area contributed by atoms with E-state index >= 15 is 0 Å². The Bertz CT molecular complexity index is 929. The highest BCUT2D eigenvalue weighted by molar-refractivity contribution is 6.06. The molecule has 8 heteroatoms. The van der Waals surface area contributed by atoms with Gasteiger partial charge in [0.15, 0.2) is 0 Å². The van der Waals surface area contributed by atoms with Crippen LogP contribution in [0.1, 0.15) is 23.7 Å². The molecule has 0 saturated heterocycles. The minimum atomic E-state index is -0.574. The molecule has 1 amide bonds. The molecule has 1 unspecified atom stereocenters. The number of nitrogens with two attached hydrogens (primary N) is 2. The minimum absolute atomic E-state index is 0.0223. The number of carbonyl (C=O) groups is 2. The third-order valence-corrected chi connectivity index (χ3v) is 3.85. The van der Waals surface area contributed by atoms with Crippen LogP contribution in [0.25, 0.3) is 0 Å². The summed E-state index contributed by atoms with van der Waals surface area (Å²) >= 11 is 0. The molecule has 0 radical (unpaired) electrons. The van der Waals surface area contributed by atoms with Gasteiger partial charge in [0.05, 0.1) is 6.61 Å². The standard InChI is InChI=1S/C22H25N3O5/c1-15(14-28-2)29-19-10-17(22(27)25-21(24)8-9-23)11-20(12-19)30-18-5-3-4-16(13-26)6-7-18/h4-13,15H,3,14,23H2,1-2H3,(H2,24,25,27)/b9-8-. The van der Waals surface area contributed by atoms with Crippen molar-refractivity contribution >= 4 is 18.0 Å². The van der Waals surface area contributed by atoms with E-state index in [0.29, 0.717) is 35.9 Å². The zero-order chi connectivity index (χ0) is 21.9. The molecule has 30 heavy (non-hydrogen) atoms. The molecule has 0 saturated carbocycles. The van der Waals surface area contributed by atoms with E-state index in [1.54, 1.807) is 37.5 Å². The Hall–Kier alpha value is -3.65. The van der Waals surface area contributed by atoms with Crippen molar-refractivity contribution in [3.63, 3.8) is 0 Å². The van der Waals surface area contributed by atoms with E-state index in [2.05, 4.69) is 4.99 Å². The summed E-state index contributed by atoms with van der Waals surface area (Å²) < 4.78 is 16.8. The monoisotopic (exact) mass is 411 g/mol. The van der Waals surface area contributed by atoms with Gasteiger partial charge in [-0.05, 0) is 56.0 Å². The largest absolute Gasteiger partial charge is 0.488 e. The molecule has 0 aromatic heterocycles. The van der Waals surface area contributed by atoms with Crippen molar-refractivity contribution in [2.75, 3.05) is 13.7 Å². The van der Waals surface area contributed by atoms with Gasteiger partial charge in [0.25, 0.3) is 5.91 Å². The number of allylic oxidation sites excluding steroid dienone is 5. The van der Waals surface area contributed by atoms with E-state index in [-0.39, 0.29) is 17.5 Å². The maximum absolute atomic E-state index is 12.5. The average molecular weight is 411 g/mol. The van der Waals surface area contributed by atoms with Crippen molar-refractivity contribution in [1.82, 2.24) is 0 Å². The van der Waals surface area contributed by atoms with Crippen LogP contribution in [0, 0.1) is 0 Å². The van der Waals surface area contributed by atoms with E-state index in [9.17, 15) is 9.59 Å². The number of ether oxygens (including phenoxy) is 3. The fraction of sp³-hybridized carbons (Fsp3) is 0.227. The Balaban J connectivity index is 2.34. The normalized spacial score (nSPS) is 15.2. The second-order valence-corrected chi connectivity index (χ2v) is 6.38. The fourth-order valence-electron chi connectivity index (χ4n) is 2.57. The van der Waals surface area contributed by atoms with E-state index in [0.717, 1.165) is 6.29 Å². The van der Waals surface area contributed by atoms with Gasteiger partial charge in [0.1, 0.15) is 35.5 Å². The van der Waals surface area contributed by atoms with E-state index in [4.69, 9.17) is 25.7 Å². The van der Waals surface area contributed by atoms with Crippen LogP contribution in [0.2, 0.25) is 0 Å². The number of methoxy groups -OCH3 is 1. The van der Waals surface area contributed by atoms with Crippen molar-refractivity contribution in [2.45, 2.75) is 19.4 Å². The third kappa shape index (κ3) is 7.06. The maximum Gasteiger partial charge on any atom is 0.279 e. The summed E-state index contributed by atoms with van der Waals surface area (Å²) in [7, 11) is 1.57. The van der Waals surface area contributed by atoms with Gasteiger partial charge in [-0.1, -0.05) is 6.08 Å². The van der Waals surface area contributed by atoms with Gasteiger partial charge < -0.3 is 25.7 Å². The maximum atomic E-state index is 12.5. The smallest absolute Gasteiger partial charge is 0.279 e. The lowest BCUT2D eigenvalue weighted by Gasteiger charge is -2.16. The van der Waals surface area contributed by atoms with Gasteiger partial charge in [0, 0.05) is 24.3 Å². The minimum Gasteiger partial charge on any atom is -0.488 e. The summed E-state index contributed by atoms with van der Waals surface area (Å²) in [5.41, 5.74) is 11.7. The predicted molar refractivity (Wildman–Crippen MR) is 114 cm³/mol. The molecule has 1 aromatic rings. The van der Waals surface area contributed by atoms with Gasteiger partial charge in [-0.25, -0.2) is 0 Å². The van der Waals surface area contributed by atoms with Crippen LogP contribution in [0.3, 0.4) is 0 Å². The highest BCUT2D eigenvalue weighted by atomic mass is 16.5. The summed E-state index contributed by atoms with van der Waals surface area (Å²) in [6, 6.07) is 4.74. The molecular weight excluding hydrogens is 386 g/mol. The molecule has 2 rings (SSSR count). The van der Waals surface area contributed by atoms with E-state index in [1.165, 1.54) is 18.3 Å². The van der Waals surface area contributed by atoms with Crippen molar-refractivity contribution in [3.05, 3.63) is 71.7 Å². The fourth-order valence-corrected chi connectivity index (χ4v) is 2.57. The van der Waals surface area contributed by atoms with Crippen LogP contribution in [0.15, 0.2) is 71.1 Å². The number of aldehydes is 1. The summed E-state index contributed by atoms with van der Waals surface area (Å²) in [6.07, 6.45) is 10.5. The number of benzene rings is 1. The Kier molecular flexibility index (Phi) is 8.58. The lowest BCUT2D eigenvalue weighted by Crippen LogP contribution is -2.18.